The molecule has 0 bridgehead atoms. The van der Waals surface area contributed by atoms with Crippen LogP contribution in [0.5, 0.6) is 11.5 Å². The van der Waals surface area contributed by atoms with Gasteiger partial charge in [0.05, 0.1) is 17.8 Å². The number of carbonyl (C=O) groups is 1. The Morgan fingerprint density at radius 1 is 1.19 bits per heavy atom. The first-order valence-corrected chi connectivity index (χ1v) is 13.4. The maximum atomic E-state index is 13.4. The second-order valence-corrected chi connectivity index (χ2v) is 10.6. The molecule has 1 atom stereocenters. The summed E-state index contributed by atoms with van der Waals surface area (Å²) in [4.78, 5) is 23.2. The summed E-state index contributed by atoms with van der Waals surface area (Å²) in [6.07, 6.45) is 10.1. The van der Waals surface area contributed by atoms with Crippen LogP contribution in [0.15, 0.2) is 67.4 Å². The van der Waals surface area contributed by atoms with E-state index in [4.69, 9.17) is 9.47 Å². The molecule has 0 spiro atoms. The predicted octanol–water partition coefficient (Wildman–Crippen LogP) is 4.82. The van der Waals surface area contributed by atoms with Crippen LogP contribution < -0.4 is 20.1 Å². The van der Waals surface area contributed by atoms with E-state index < -0.39 is 5.41 Å². The molecule has 1 aliphatic carbocycles. The lowest BCUT2D eigenvalue weighted by Crippen LogP contribution is -2.27. The molecule has 1 unspecified atom stereocenters. The third-order valence-electron chi connectivity index (χ3n) is 7.14. The second-order valence-electron chi connectivity index (χ2n) is 9.57. The van der Waals surface area contributed by atoms with Crippen molar-refractivity contribution in [3.05, 3.63) is 88.9 Å². The molecular formula is C28H29N5O3S. The van der Waals surface area contributed by atoms with Gasteiger partial charge in [0, 0.05) is 30.0 Å². The van der Waals surface area contributed by atoms with Crippen molar-refractivity contribution in [2.75, 3.05) is 18.7 Å². The largest absolute Gasteiger partial charge is 0.454 e. The van der Waals surface area contributed by atoms with Gasteiger partial charge in [-0.15, -0.1) is 0 Å². The first-order chi connectivity index (χ1) is 18.1. The van der Waals surface area contributed by atoms with Crippen molar-refractivity contribution in [1.82, 2.24) is 19.9 Å². The second kappa shape index (κ2) is 9.99. The normalized spacial score (nSPS) is 15.9. The fraction of sp³-hybridized carbons (Fsp3) is 0.321. The Bertz CT molecular complexity index is 1400. The number of rotatable bonds is 10. The van der Waals surface area contributed by atoms with Crippen LogP contribution in [0.3, 0.4) is 0 Å². The molecule has 9 heteroatoms. The zero-order valence-electron chi connectivity index (χ0n) is 20.6. The highest BCUT2D eigenvalue weighted by atomic mass is 32.1. The quantitative estimate of drug-likeness (QED) is 0.295. The van der Waals surface area contributed by atoms with Gasteiger partial charge in [-0.3, -0.25) is 4.79 Å². The van der Waals surface area contributed by atoms with E-state index in [-0.39, 0.29) is 18.7 Å². The Labute approximate surface area is 219 Å². The fourth-order valence-corrected chi connectivity index (χ4v) is 5.77. The van der Waals surface area contributed by atoms with Crippen molar-refractivity contribution in [3.8, 4) is 11.5 Å². The average Bonchev–Trinajstić information content (AvgIpc) is 3.25. The number of aryl methyl sites for hydroxylation is 2. The molecule has 2 aliphatic rings. The van der Waals surface area contributed by atoms with E-state index in [1.165, 1.54) is 22.5 Å². The monoisotopic (exact) mass is 515 g/mol. The van der Waals surface area contributed by atoms with Crippen LogP contribution in [0.2, 0.25) is 0 Å². The number of aromatic nitrogens is 3. The number of ether oxygens (including phenoxy) is 2. The van der Waals surface area contributed by atoms with E-state index in [1.54, 1.807) is 6.20 Å². The van der Waals surface area contributed by atoms with Gasteiger partial charge in [-0.25, -0.2) is 9.97 Å². The standard InChI is InChI=1S/C28H29N5O3S/c1-19-5-2-3-6-21(19)25(30-11-4-13-33-14-12-29-17-33)24-16-31-27(37-24)32-26(34)28(9-10-28)20-7-8-22-23(15-20)36-18-35-22/h2-3,5-8,12,14-17,25,30H,4,9-11,13,18H2,1H3,(H,31,32,34). The van der Waals surface area contributed by atoms with Gasteiger partial charge in [0.15, 0.2) is 16.6 Å². The van der Waals surface area contributed by atoms with Crippen molar-refractivity contribution >= 4 is 22.4 Å². The van der Waals surface area contributed by atoms with Gasteiger partial charge in [0.1, 0.15) is 0 Å². The van der Waals surface area contributed by atoms with Crippen molar-refractivity contribution in [2.45, 2.75) is 44.2 Å². The Balaban J connectivity index is 1.17. The number of hydrogen-bond donors (Lipinski definition) is 2. The molecule has 2 aromatic carbocycles. The molecule has 0 saturated heterocycles. The molecule has 1 aliphatic heterocycles. The zero-order valence-corrected chi connectivity index (χ0v) is 21.5. The molecular weight excluding hydrogens is 486 g/mol. The van der Waals surface area contributed by atoms with Crippen molar-refractivity contribution in [3.63, 3.8) is 0 Å². The summed E-state index contributed by atoms with van der Waals surface area (Å²) in [6, 6.07) is 14.2. The molecule has 2 aromatic heterocycles. The zero-order chi connectivity index (χ0) is 25.2. The van der Waals surface area contributed by atoms with Gasteiger partial charge in [-0.2, -0.15) is 0 Å². The average molecular weight is 516 g/mol. The minimum absolute atomic E-state index is 0.00381. The van der Waals surface area contributed by atoms with Gasteiger partial charge >= 0.3 is 0 Å². The lowest BCUT2D eigenvalue weighted by Gasteiger charge is -2.20. The van der Waals surface area contributed by atoms with Gasteiger partial charge < -0.3 is 24.7 Å². The number of hydrogen-bond acceptors (Lipinski definition) is 7. The summed E-state index contributed by atoms with van der Waals surface area (Å²) < 4.78 is 13.0. The summed E-state index contributed by atoms with van der Waals surface area (Å²) >= 11 is 1.52. The number of amides is 1. The molecule has 6 rings (SSSR count). The third kappa shape index (κ3) is 4.84. The molecule has 190 valence electrons. The van der Waals surface area contributed by atoms with Crippen LogP contribution >= 0.6 is 11.3 Å². The minimum atomic E-state index is -0.534. The topological polar surface area (TPSA) is 90.3 Å². The fourth-order valence-electron chi connectivity index (χ4n) is 4.86. The summed E-state index contributed by atoms with van der Waals surface area (Å²) in [7, 11) is 0. The summed E-state index contributed by atoms with van der Waals surface area (Å²) in [5.74, 6) is 1.41. The lowest BCUT2D eigenvalue weighted by atomic mass is 9.94. The highest BCUT2D eigenvalue weighted by Crippen LogP contribution is 2.51. The maximum Gasteiger partial charge on any atom is 0.236 e. The van der Waals surface area contributed by atoms with Gasteiger partial charge in [-0.05, 0) is 61.6 Å². The van der Waals surface area contributed by atoms with Crippen LogP contribution in [-0.2, 0) is 16.8 Å². The number of nitrogens with one attached hydrogen (secondary N) is 2. The number of imidazole rings is 1. The smallest absolute Gasteiger partial charge is 0.236 e. The third-order valence-corrected chi connectivity index (χ3v) is 8.12. The summed E-state index contributed by atoms with van der Waals surface area (Å²) in [6.45, 7) is 4.09. The summed E-state index contributed by atoms with van der Waals surface area (Å²) in [5, 5.41) is 7.43. The number of nitrogens with zero attached hydrogens (tertiary/aromatic N) is 3. The van der Waals surface area contributed by atoms with Crippen LogP contribution in [0.4, 0.5) is 5.13 Å². The maximum absolute atomic E-state index is 13.4. The number of benzene rings is 2. The van der Waals surface area contributed by atoms with E-state index in [2.05, 4.69) is 56.4 Å². The Hall–Kier alpha value is -3.69. The van der Waals surface area contributed by atoms with Gasteiger partial charge in [0.2, 0.25) is 12.7 Å². The number of anilines is 1. The highest BCUT2D eigenvalue weighted by Gasteiger charge is 2.52. The first kappa shape index (κ1) is 23.7. The molecule has 1 fully saturated rings. The number of thiazole rings is 1. The first-order valence-electron chi connectivity index (χ1n) is 12.5. The lowest BCUT2D eigenvalue weighted by molar-refractivity contribution is -0.118. The number of fused-ring (bicyclic) bond motifs is 1. The van der Waals surface area contributed by atoms with E-state index in [1.807, 2.05) is 36.9 Å². The van der Waals surface area contributed by atoms with E-state index >= 15 is 0 Å². The predicted molar refractivity (Wildman–Crippen MR) is 142 cm³/mol. The molecule has 4 aromatic rings. The Kier molecular flexibility index (Phi) is 6.40. The van der Waals surface area contributed by atoms with E-state index in [0.717, 1.165) is 48.5 Å². The molecule has 37 heavy (non-hydrogen) atoms. The Morgan fingerprint density at radius 3 is 2.86 bits per heavy atom. The molecule has 8 nitrogen and oxygen atoms in total. The van der Waals surface area contributed by atoms with Crippen molar-refractivity contribution < 1.29 is 14.3 Å². The van der Waals surface area contributed by atoms with Gasteiger partial charge in [-0.1, -0.05) is 41.7 Å². The highest BCUT2D eigenvalue weighted by molar-refractivity contribution is 7.15. The minimum Gasteiger partial charge on any atom is -0.454 e. The molecule has 0 radical (unpaired) electrons. The van der Waals surface area contributed by atoms with Crippen LogP contribution in [-0.4, -0.2) is 33.8 Å². The molecule has 1 saturated carbocycles. The molecule has 3 heterocycles. The van der Waals surface area contributed by atoms with Gasteiger partial charge in [0.25, 0.3) is 0 Å². The SMILES string of the molecule is Cc1ccccc1C(NCCCn1ccnc1)c1cnc(NC(=O)C2(c3ccc4c(c3)OCO4)CC2)s1. The summed E-state index contributed by atoms with van der Waals surface area (Å²) in [5.41, 5.74) is 2.86. The van der Waals surface area contributed by atoms with Crippen LogP contribution in [0.25, 0.3) is 0 Å². The van der Waals surface area contributed by atoms with Crippen molar-refractivity contribution in [2.24, 2.45) is 0 Å². The van der Waals surface area contributed by atoms with Crippen LogP contribution in [0.1, 0.15) is 46.9 Å². The Morgan fingerprint density at radius 2 is 2.05 bits per heavy atom. The van der Waals surface area contributed by atoms with Crippen molar-refractivity contribution in [1.29, 1.82) is 0 Å². The van der Waals surface area contributed by atoms with E-state index in [0.29, 0.717) is 10.9 Å². The molecule has 1 amide bonds. The van der Waals surface area contributed by atoms with E-state index in [9.17, 15) is 4.79 Å². The van der Waals surface area contributed by atoms with Crippen LogP contribution in [0, 0.1) is 6.92 Å². The molecule has 2 N–H and O–H groups in total. The number of carbonyl (C=O) groups excluding carboxylic acids is 1.